The zero-order valence-electron chi connectivity index (χ0n) is 13.0. The molecule has 0 aromatic heterocycles. The first-order chi connectivity index (χ1) is 9.12. The molecule has 0 unspecified atom stereocenters. The van der Waals surface area contributed by atoms with E-state index < -0.39 is 0 Å². The van der Waals surface area contributed by atoms with E-state index in [4.69, 9.17) is 4.74 Å². The first-order valence-electron chi connectivity index (χ1n) is 7.65. The van der Waals surface area contributed by atoms with Crippen LogP contribution in [0.1, 0.15) is 32.6 Å². The topological polar surface area (TPSA) is 41.6 Å². The van der Waals surface area contributed by atoms with Gasteiger partial charge in [0.2, 0.25) is 0 Å². The van der Waals surface area contributed by atoms with Crippen LogP contribution < -0.4 is 5.32 Å². The van der Waals surface area contributed by atoms with Gasteiger partial charge in [0.15, 0.2) is 0 Å². The molecule has 0 aromatic rings. The molecular formula is C15H28Cl2N2O2. The Morgan fingerprint density at radius 2 is 1.90 bits per heavy atom. The highest BCUT2D eigenvalue weighted by atomic mass is 35.5. The van der Waals surface area contributed by atoms with Crippen molar-refractivity contribution in [3.8, 4) is 0 Å². The lowest BCUT2D eigenvalue weighted by atomic mass is 9.65. The monoisotopic (exact) mass is 338 g/mol. The summed E-state index contributed by atoms with van der Waals surface area (Å²) in [5.74, 6) is 1.75. The van der Waals surface area contributed by atoms with E-state index in [1.165, 1.54) is 46.1 Å². The van der Waals surface area contributed by atoms with Crippen molar-refractivity contribution in [3.63, 3.8) is 0 Å². The second kappa shape index (κ2) is 7.49. The van der Waals surface area contributed by atoms with Crippen molar-refractivity contribution < 1.29 is 9.53 Å². The number of likely N-dealkylation sites (tertiary alicyclic amines) is 1. The molecule has 6 heteroatoms. The zero-order chi connectivity index (χ0) is 13.5. The summed E-state index contributed by atoms with van der Waals surface area (Å²) in [5, 5.41) is 3.39. The molecule has 3 rings (SSSR count). The number of carbonyl (C=O) groups excluding carboxylic acids is 1. The van der Waals surface area contributed by atoms with Gasteiger partial charge in [0.05, 0.1) is 12.5 Å². The second-order valence-corrected chi connectivity index (χ2v) is 6.93. The number of esters is 1. The highest BCUT2D eigenvalue weighted by molar-refractivity contribution is 5.85. The Kier molecular flexibility index (Phi) is 6.79. The fraction of sp³-hybridized carbons (Fsp3) is 0.933. The van der Waals surface area contributed by atoms with E-state index >= 15 is 0 Å². The molecule has 3 aliphatic rings. The minimum atomic E-state index is -0.218. The van der Waals surface area contributed by atoms with E-state index in [0.29, 0.717) is 6.04 Å². The largest absolute Gasteiger partial charge is 0.469 e. The number of methoxy groups -OCH3 is 1. The van der Waals surface area contributed by atoms with Gasteiger partial charge in [-0.15, -0.1) is 24.8 Å². The van der Waals surface area contributed by atoms with Crippen LogP contribution in [0.4, 0.5) is 0 Å². The van der Waals surface area contributed by atoms with Gasteiger partial charge in [-0.25, -0.2) is 0 Å². The lowest BCUT2D eigenvalue weighted by Gasteiger charge is -2.51. The number of halogens is 2. The molecule has 1 atom stereocenters. The van der Waals surface area contributed by atoms with Crippen LogP contribution in [0.5, 0.6) is 0 Å². The third-order valence-electron chi connectivity index (χ3n) is 5.54. The number of hydrogen-bond donors (Lipinski definition) is 1. The summed E-state index contributed by atoms with van der Waals surface area (Å²) < 4.78 is 4.91. The Bertz CT molecular complexity index is 358. The average molecular weight is 339 g/mol. The van der Waals surface area contributed by atoms with Crippen LogP contribution in [0.15, 0.2) is 0 Å². The maximum absolute atomic E-state index is 11.7. The van der Waals surface area contributed by atoms with E-state index in [1.807, 2.05) is 6.92 Å². The predicted octanol–water partition coefficient (Wildman–Crippen LogP) is 2.10. The molecular weight excluding hydrogens is 311 g/mol. The van der Waals surface area contributed by atoms with Crippen LogP contribution in [-0.4, -0.2) is 50.2 Å². The molecule has 0 aromatic carbocycles. The van der Waals surface area contributed by atoms with Crippen LogP contribution in [0, 0.1) is 17.3 Å². The molecule has 1 aliphatic carbocycles. The van der Waals surface area contributed by atoms with Gasteiger partial charge in [0.25, 0.3) is 0 Å². The summed E-state index contributed by atoms with van der Waals surface area (Å²) in [6.45, 7) is 6.94. The van der Waals surface area contributed by atoms with E-state index in [-0.39, 0.29) is 36.2 Å². The predicted molar refractivity (Wildman–Crippen MR) is 88.3 cm³/mol. The number of nitrogens with zero attached hydrogens (tertiary/aromatic N) is 1. The van der Waals surface area contributed by atoms with Crippen LogP contribution in [-0.2, 0) is 9.53 Å². The molecule has 124 valence electrons. The SMILES string of the molecule is COC(=O)C1(C)CC(N2CCC[C@H](C3CNC3)C2)C1.Cl.Cl. The normalized spacial score (nSPS) is 36.5. The van der Waals surface area contributed by atoms with Gasteiger partial charge < -0.3 is 15.0 Å². The molecule has 2 saturated heterocycles. The smallest absolute Gasteiger partial charge is 0.311 e. The lowest BCUT2D eigenvalue weighted by molar-refractivity contribution is -0.162. The van der Waals surface area contributed by atoms with Gasteiger partial charge >= 0.3 is 5.97 Å². The highest BCUT2D eigenvalue weighted by Gasteiger charge is 2.50. The minimum absolute atomic E-state index is 0. The van der Waals surface area contributed by atoms with Crippen molar-refractivity contribution in [2.24, 2.45) is 17.3 Å². The summed E-state index contributed by atoms with van der Waals surface area (Å²) >= 11 is 0. The third kappa shape index (κ3) is 3.66. The Hall–Kier alpha value is -0.0300. The number of hydrogen-bond acceptors (Lipinski definition) is 4. The number of piperidine rings is 1. The second-order valence-electron chi connectivity index (χ2n) is 6.93. The average Bonchev–Trinajstić information content (AvgIpc) is 2.32. The van der Waals surface area contributed by atoms with Gasteiger partial charge in [-0.3, -0.25) is 4.79 Å². The van der Waals surface area contributed by atoms with Crippen molar-refractivity contribution in [1.29, 1.82) is 0 Å². The number of carbonyl (C=O) groups is 1. The molecule has 0 spiro atoms. The molecule has 2 heterocycles. The molecule has 21 heavy (non-hydrogen) atoms. The highest BCUT2D eigenvalue weighted by Crippen LogP contribution is 2.45. The maximum Gasteiger partial charge on any atom is 0.311 e. The number of ether oxygens (including phenoxy) is 1. The Labute approximate surface area is 140 Å². The number of nitrogens with one attached hydrogen (secondary N) is 1. The van der Waals surface area contributed by atoms with Crippen LogP contribution >= 0.6 is 24.8 Å². The van der Waals surface area contributed by atoms with Crippen molar-refractivity contribution >= 4 is 30.8 Å². The van der Waals surface area contributed by atoms with Crippen LogP contribution in [0.2, 0.25) is 0 Å². The summed E-state index contributed by atoms with van der Waals surface area (Å²) in [6.07, 6.45) is 4.68. The van der Waals surface area contributed by atoms with Gasteiger partial charge in [-0.1, -0.05) is 0 Å². The fourth-order valence-corrected chi connectivity index (χ4v) is 4.05. The summed E-state index contributed by atoms with van der Waals surface area (Å²) in [7, 11) is 1.50. The first kappa shape index (κ1) is 19.0. The summed E-state index contributed by atoms with van der Waals surface area (Å²) in [4.78, 5) is 14.4. The van der Waals surface area contributed by atoms with Gasteiger partial charge in [0.1, 0.15) is 0 Å². The van der Waals surface area contributed by atoms with Crippen LogP contribution in [0.3, 0.4) is 0 Å². The Morgan fingerprint density at radius 3 is 2.43 bits per heavy atom. The standard InChI is InChI=1S/C15H26N2O2.2ClH/c1-15(14(18)19-2)6-13(7-15)17-5-3-4-11(10-17)12-8-16-9-12;;/h11-13,16H,3-10H2,1-2H3;2*1H/t11-,13?,15?;;/m0../s1. The number of rotatable bonds is 3. The molecule has 0 bridgehead atoms. The summed E-state index contributed by atoms with van der Waals surface area (Å²) in [5.41, 5.74) is -0.218. The fourth-order valence-electron chi connectivity index (χ4n) is 4.05. The molecule has 3 fully saturated rings. The molecule has 1 saturated carbocycles. The van der Waals surface area contributed by atoms with E-state index in [2.05, 4.69) is 10.2 Å². The van der Waals surface area contributed by atoms with Crippen molar-refractivity contribution in [2.75, 3.05) is 33.3 Å². The van der Waals surface area contributed by atoms with Crippen molar-refractivity contribution in [3.05, 3.63) is 0 Å². The molecule has 0 radical (unpaired) electrons. The Balaban J connectivity index is 0.00000110. The molecule has 1 N–H and O–H groups in total. The zero-order valence-corrected chi connectivity index (χ0v) is 14.6. The van der Waals surface area contributed by atoms with E-state index in [1.54, 1.807) is 0 Å². The third-order valence-corrected chi connectivity index (χ3v) is 5.54. The van der Waals surface area contributed by atoms with Crippen molar-refractivity contribution in [1.82, 2.24) is 10.2 Å². The van der Waals surface area contributed by atoms with E-state index in [0.717, 1.165) is 24.7 Å². The van der Waals surface area contributed by atoms with Crippen molar-refractivity contribution in [2.45, 2.75) is 38.6 Å². The lowest BCUT2D eigenvalue weighted by Crippen LogP contribution is -2.58. The Morgan fingerprint density at radius 1 is 1.24 bits per heavy atom. The van der Waals surface area contributed by atoms with Gasteiger partial charge in [0, 0.05) is 12.6 Å². The first-order valence-corrected chi connectivity index (χ1v) is 7.65. The van der Waals surface area contributed by atoms with Gasteiger partial charge in [-0.2, -0.15) is 0 Å². The molecule has 0 amide bonds. The maximum atomic E-state index is 11.7. The quantitative estimate of drug-likeness (QED) is 0.800. The summed E-state index contributed by atoms with van der Waals surface area (Å²) in [6, 6.07) is 0.611. The van der Waals surface area contributed by atoms with E-state index in [9.17, 15) is 4.79 Å². The van der Waals surface area contributed by atoms with Gasteiger partial charge in [-0.05, 0) is 64.1 Å². The van der Waals surface area contributed by atoms with Crippen LogP contribution in [0.25, 0.3) is 0 Å². The molecule has 2 aliphatic heterocycles. The minimum Gasteiger partial charge on any atom is -0.469 e. The molecule has 4 nitrogen and oxygen atoms in total.